The van der Waals surface area contributed by atoms with Crippen LogP contribution in [0.4, 0.5) is 0 Å². The smallest absolute Gasteiger partial charge is 0.188 e. The lowest BCUT2D eigenvalue weighted by Crippen LogP contribution is -2.60. The molecule has 0 bridgehead atoms. The summed E-state index contributed by atoms with van der Waals surface area (Å²) in [4.78, 5) is 0. The van der Waals surface area contributed by atoms with Crippen LogP contribution in [0.1, 0.15) is 11.7 Å². The molecule has 30 heavy (non-hydrogen) atoms. The maximum Gasteiger partial charge on any atom is 0.188 e. The second-order valence-corrected chi connectivity index (χ2v) is 7.15. The van der Waals surface area contributed by atoms with Crippen LogP contribution >= 0.6 is 0 Å². The number of hydrogen-bond acceptors (Lipinski definition) is 11. The molecule has 2 saturated heterocycles. The van der Waals surface area contributed by atoms with Gasteiger partial charge in [-0.2, -0.15) is 5.26 Å². The van der Waals surface area contributed by atoms with E-state index in [1.807, 2.05) is 6.07 Å². The second kappa shape index (κ2) is 10.1. The number of benzene rings is 1. The van der Waals surface area contributed by atoms with E-state index in [1.54, 1.807) is 30.3 Å². The SMILES string of the molecule is N#CC(OC1OC(COC2OCC(O)C(O)C2O)C(O)C(O)C1O)c1ccccc1. The van der Waals surface area contributed by atoms with Gasteiger partial charge in [0, 0.05) is 0 Å². The van der Waals surface area contributed by atoms with Crippen molar-refractivity contribution in [2.75, 3.05) is 13.2 Å². The van der Waals surface area contributed by atoms with Crippen molar-refractivity contribution in [1.82, 2.24) is 0 Å². The Hall–Kier alpha value is -1.69. The Morgan fingerprint density at radius 2 is 1.60 bits per heavy atom. The number of nitriles is 1. The Bertz CT molecular complexity index is 715. The van der Waals surface area contributed by atoms with Gasteiger partial charge in [-0.15, -0.1) is 0 Å². The number of aliphatic hydroxyl groups is 6. The molecule has 1 aromatic rings. The number of nitrogens with zero attached hydrogens (tertiary/aromatic N) is 1. The predicted octanol–water partition coefficient (Wildman–Crippen LogP) is -2.47. The Morgan fingerprint density at radius 1 is 0.933 bits per heavy atom. The number of aliphatic hydroxyl groups excluding tert-OH is 6. The molecule has 0 spiro atoms. The summed E-state index contributed by atoms with van der Waals surface area (Å²) in [5, 5.41) is 69.0. The van der Waals surface area contributed by atoms with Gasteiger partial charge in [-0.25, -0.2) is 0 Å². The van der Waals surface area contributed by atoms with Crippen LogP contribution in [-0.2, 0) is 18.9 Å². The van der Waals surface area contributed by atoms with E-state index in [0.717, 1.165) is 0 Å². The van der Waals surface area contributed by atoms with Gasteiger partial charge in [-0.1, -0.05) is 30.3 Å². The first kappa shape index (κ1) is 23.0. The summed E-state index contributed by atoms with van der Waals surface area (Å²) < 4.78 is 21.5. The zero-order chi connectivity index (χ0) is 21.8. The Labute approximate surface area is 172 Å². The molecule has 1 aromatic carbocycles. The van der Waals surface area contributed by atoms with Crippen LogP contribution in [0.2, 0.25) is 0 Å². The molecule has 6 N–H and O–H groups in total. The molecule has 2 heterocycles. The van der Waals surface area contributed by atoms with Crippen molar-refractivity contribution in [3.63, 3.8) is 0 Å². The molecule has 10 unspecified atom stereocenters. The summed E-state index contributed by atoms with van der Waals surface area (Å²) in [5.41, 5.74) is 0.510. The third-order valence-electron chi connectivity index (χ3n) is 5.04. The second-order valence-electron chi connectivity index (χ2n) is 7.15. The Morgan fingerprint density at radius 3 is 2.27 bits per heavy atom. The number of hydrogen-bond donors (Lipinski definition) is 6. The summed E-state index contributed by atoms with van der Waals surface area (Å²) in [5.74, 6) is 0. The highest BCUT2D eigenvalue weighted by atomic mass is 16.7. The van der Waals surface area contributed by atoms with Gasteiger partial charge in [0.1, 0.15) is 42.7 Å². The van der Waals surface area contributed by atoms with Gasteiger partial charge in [-0.3, -0.25) is 0 Å². The lowest BCUT2D eigenvalue weighted by Gasteiger charge is -2.41. The van der Waals surface area contributed by atoms with Crippen molar-refractivity contribution in [3.05, 3.63) is 35.9 Å². The van der Waals surface area contributed by atoms with E-state index < -0.39 is 68.0 Å². The van der Waals surface area contributed by atoms with Crippen LogP contribution in [0.5, 0.6) is 0 Å². The fraction of sp³-hybridized carbons (Fsp3) is 0.632. The standard InChI is InChI=1S/C19H25NO10/c20-6-11(9-4-2-1-3-5-9)29-19-17(26)15(24)14(23)12(30-19)8-28-18-16(25)13(22)10(21)7-27-18/h1-5,10-19,21-26H,7-8H2. The van der Waals surface area contributed by atoms with Crippen molar-refractivity contribution in [3.8, 4) is 6.07 Å². The molecule has 2 fully saturated rings. The predicted molar refractivity (Wildman–Crippen MR) is 96.3 cm³/mol. The van der Waals surface area contributed by atoms with E-state index in [4.69, 9.17) is 18.9 Å². The Balaban J connectivity index is 1.63. The van der Waals surface area contributed by atoms with Crippen LogP contribution < -0.4 is 0 Å². The van der Waals surface area contributed by atoms with Gasteiger partial charge in [0.2, 0.25) is 0 Å². The number of ether oxygens (including phenoxy) is 4. The highest BCUT2D eigenvalue weighted by molar-refractivity contribution is 5.22. The molecule has 0 amide bonds. The molecule has 11 nitrogen and oxygen atoms in total. The lowest BCUT2D eigenvalue weighted by molar-refractivity contribution is -0.325. The minimum atomic E-state index is -1.66. The van der Waals surface area contributed by atoms with E-state index in [-0.39, 0.29) is 6.61 Å². The lowest BCUT2D eigenvalue weighted by atomic mass is 9.99. The molecule has 11 heteroatoms. The summed E-state index contributed by atoms with van der Waals surface area (Å²) in [7, 11) is 0. The van der Waals surface area contributed by atoms with Gasteiger partial charge < -0.3 is 49.6 Å². The summed E-state index contributed by atoms with van der Waals surface area (Å²) in [6, 6.07) is 10.4. The normalized spacial score (nSPS) is 40.5. The van der Waals surface area contributed by atoms with E-state index in [2.05, 4.69) is 0 Å². The molecule has 10 atom stereocenters. The average molecular weight is 427 g/mol. The van der Waals surface area contributed by atoms with Crippen LogP contribution in [0.15, 0.2) is 30.3 Å². The van der Waals surface area contributed by atoms with Gasteiger partial charge in [0.15, 0.2) is 18.7 Å². The third-order valence-corrected chi connectivity index (χ3v) is 5.04. The highest BCUT2D eigenvalue weighted by Gasteiger charge is 2.46. The molecule has 166 valence electrons. The molecule has 0 radical (unpaired) electrons. The molecule has 2 aliphatic rings. The van der Waals surface area contributed by atoms with E-state index >= 15 is 0 Å². The molecule has 0 aliphatic carbocycles. The average Bonchev–Trinajstić information content (AvgIpc) is 2.76. The van der Waals surface area contributed by atoms with Crippen molar-refractivity contribution in [2.45, 2.75) is 61.4 Å². The topological polar surface area (TPSA) is 182 Å². The summed E-state index contributed by atoms with van der Waals surface area (Å²) in [6.07, 6.45) is -14.2. The van der Waals surface area contributed by atoms with Crippen LogP contribution in [0, 0.1) is 11.3 Å². The van der Waals surface area contributed by atoms with Gasteiger partial charge >= 0.3 is 0 Å². The third kappa shape index (κ3) is 4.96. The van der Waals surface area contributed by atoms with E-state index in [0.29, 0.717) is 5.56 Å². The summed E-state index contributed by atoms with van der Waals surface area (Å²) >= 11 is 0. The zero-order valence-corrected chi connectivity index (χ0v) is 15.8. The van der Waals surface area contributed by atoms with Crippen molar-refractivity contribution >= 4 is 0 Å². The van der Waals surface area contributed by atoms with Gasteiger partial charge in [-0.05, 0) is 5.56 Å². The van der Waals surface area contributed by atoms with E-state index in [9.17, 15) is 35.9 Å². The maximum atomic E-state index is 10.2. The van der Waals surface area contributed by atoms with Gasteiger partial charge in [0.25, 0.3) is 0 Å². The quantitative estimate of drug-likeness (QED) is 0.283. The van der Waals surface area contributed by atoms with E-state index in [1.165, 1.54) is 0 Å². The molecular formula is C19H25NO10. The maximum absolute atomic E-state index is 10.2. The zero-order valence-electron chi connectivity index (χ0n) is 15.8. The van der Waals surface area contributed by atoms with Crippen LogP contribution in [0.25, 0.3) is 0 Å². The van der Waals surface area contributed by atoms with Crippen molar-refractivity contribution < 1.29 is 49.6 Å². The first-order chi connectivity index (χ1) is 14.3. The van der Waals surface area contributed by atoms with Crippen molar-refractivity contribution in [2.24, 2.45) is 0 Å². The monoisotopic (exact) mass is 427 g/mol. The summed E-state index contributed by atoms with van der Waals surface area (Å²) in [6.45, 7) is -0.678. The number of rotatable bonds is 6. The first-order valence-corrected chi connectivity index (χ1v) is 9.40. The molecule has 0 aromatic heterocycles. The fourth-order valence-electron chi connectivity index (χ4n) is 3.23. The van der Waals surface area contributed by atoms with Crippen molar-refractivity contribution in [1.29, 1.82) is 5.26 Å². The van der Waals surface area contributed by atoms with Crippen LogP contribution in [-0.4, -0.2) is 99.2 Å². The molecule has 2 aliphatic heterocycles. The minimum absolute atomic E-state index is 0.273. The molecule has 3 rings (SSSR count). The van der Waals surface area contributed by atoms with Gasteiger partial charge in [0.05, 0.1) is 19.3 Å². The molecular weight excluding hydrogens is 402 g/mol. The fourth-order valence-corrected chi connectivity index (χ4v) is 3.23. The van der Waals surface area contributed by atoms with Crippen LogP contribution in [0.3, 0.4) is 0 Å². The highest BCUT2D eigenvalue weighted by Crippen LogP contribution is 2.28. The first-order valence-electron chi connectivity index (χ1n) is 9.40. The Kier molecular flexibility index (Phi) is 7.72. The minimum Gasteiger partial charge on any atom is -0.388 e. The molecule has 0 saturated carbocycles. The largest absolute Gasteiger partial charge is 0.388 e.